The van der Waals surface area contributed by atoms with Crippen LogP contribution in [-0.4, -0.2) is 209 Å². The highest BCUT2D eigenvalue weighted by Gasteiger charge is 2.36. The fraction of sp³-hybridized carbons (Fsp3) is 0.941. The van der Waals surface area contributed by atoms with E-state index in [4.69, 9.17) is 0 Å². The van der Waals surface area contributed by atoms with Crippen molar-refractivity contribution in [3.8, 4) is 0 Å². The van der Waals surface area contributed by atoms with Crippen LogP contribution >= 0.6 is 0 Å². The smallest absolute Gasteiger partial charge is 0.136 e. The van der Waals surface area contributed by atoms with Crippen LogP contribution in [0.25, 0.3) is 0 Å². The molecule has 112 heavy (non-hydrogen) atoms. The number of hydrogen-bond donors (Lipinski definition) is 2. The number of likely N-dealkylation sites (N-methyl/N-ethyl adjacent to an activating group) is 1. The predicted molar refractivity (Wildman–Crippen MR) is 499 cm³/mol. The summed E-state index contributed by atoms with van der Waals surface area (Å²) < 4.78 is 0. The summed E-state index contributed by atoms with van der Waals surface area (Å²) in [5.74, 6) is 6.32. The van der Waals surface area contributed by atoms with Crippen LogP contribution in [0.1, 0.15) is 370 Å². The molecule has 3 aliphatic carbocycles. The number of likely N-dealkylation sites (tertiary alicyclic amines) is 4. The summed E-state index contributed by atoms with van der Waals surface area (Å²) in [5.41, 5.74) is 7.57. The first kappa shape index (κ1) is 108. The lowest BCUT2D eigenvalue weighted by atomic mass is 9.71. The fourth-order valence-electron chi connectivity index (χ4n) is 18.4. The number of Topliss-reactive ketones (excluding diaryl/α,β-unsaturated/α-hetero) is 2. The van der Waals surface area contributed by atoms with Gasteiger partial charge in [0.15, 0.2) is 0 Å². The van der Waals surface area contributed by atoms with E-state index in [9.17, 15) is 9.59 Å². The molecule has 2 N–H and O–H groups in total. The Hall–Kier alpha value is -1.54. The van der Waals surface area contributed by atoms with E-state index < -0.39 is 0 Å². The molecule has 7 aliphatic heterocycles. The molecule has 10 rings (SSSR count). The van der Waals surface area contributed by atoms with Gasteiger partial charge in [0.05, 0.1) is 0 Å². The highest BCUT2D eigenvalue weighted by Crippen LogP contribution is 2.42. The largest absolute Gasteiger partial charge is 0.317 e. The Kier molecular flexibility index (Phi) is 48.4. The third-order valence-corrected chi connectivity index (χ3v) is 27.9. The van der Waals surface area contributed by atoms with Gasteiger partial charge < -0.3 is 40.0 Å². The zero-order valence-corrected chi connectivity index (χ0v) is 83.2. The van der Waals surface area contributed by atoms with Crippen molar-refractivity contribution in [1.82, 2.24) is 44.9 Å². The fourth-order valence-corrected chi connectivity index (χ4v) is 18.4. The third kappa shape index (κ3) is 46.3. The highest BCUT2D eigenvalue weighted by atomic mass is 16.1. The van der Waals surface area contributed by atoms with Gasteiger partial charge in [0.25, 0.3) is 0 Å². The zero-order chi connectivity index (χ0) is 86.2. The number of rotatable bonds is 3. The number of hydrogen-bond acceptors (Lipinski definition) is 11. The average molecular weight is 1580 g/mol. The van der Waals surface area contributed by atoms with Crippen molar-refractivity contribution in [2.24, 2.45) is 84.2 Å². The van der Waals surface area contributed by atoms with Crippen molar-refractivity contribution >= 4 is 11.6 Å². The van der Waals surface area contributed by atoms with Crippen molar-refractivity contribution < 1.29 is 9.59 Å². The van der Waals surface area contributed by atoms with Crippen LogP contribution < -0.4 is 10.6 Å². The molecular formula is C101H203N9O2. The minimum atomic E-state index is 0.265. The number of nitrogens with zero attached hydrogens (tertiary/aromatic N) is 7. The molecule has 6 saturated heterocycles. The summed E-state index contributed by atoms with van der Waals surface area (Å²) in [5, 5.41) is 6.70. The zero-order valence-electron chi connectivity index (χ0n) is 83.2. The number of carbonyl (C=O) groups excluding carboxylic acids is 2. The maximum Gasteiger partial charge on any atom is 0.136 e. The molecule has 10 aliphatic rings. The molecule has 8 fully saturated rings. The summed E-state index contributed by atoms with van der Waals surface area (Å²) in [4.78, 5) is 39.2. The van der Waals surface area contributed by atoms with E-state index in [1.807, 2.05) is 0 Å². The number of piperidine rings is 4. The first-order chi connectivity index (χ1) is 51.1. The van der Waals surface area contributed by atoms with Gasteiger partial charge in [-0.2, -0.15) is 0 Å². The lowest BCUT2D eigenvalue weighted by Crippen LogP contribution is -2.52. The first-order valence-corrected chi connectivity index (χ1v) is 46.9. The number of piperazine rings is 1. The van der Waals surface area contributed by atoms with E-state index in [-0.39, 0.29) is 5.41 Å². The molecule has 1 unspecified atom stereocenters. The molecule has 0 aromatic carbocycles. The van der Waals surface area contributed by atoms with Gasteiger partial charge in [0.1, 0.15) is 11.6 Å². The SMILES string of the molecule is CC(C)(C)C1=CCC(=O)CC1.CC(C)(C)C1=CCNCC1.CC(C)(C)C1CCC(=O)CC1.CC(C)(C)C1CCNCC1.CC(C)N1CCC(C(C)(C)C)CC1.CCN1CCC(C(C)(C)C)CC1.CN(C)C1CCC(C(C)(C)C)CC1.CN1CCC(C(C)(C)C)CC1.CN1CCCC1C(C)(C)C.CN1CCN(C(C)(C)C)CC1. The summed E-state index contributed by atoms with van der Waals surface area (Å²) in [7, 11) is 11.1. The highest BCUT2D eigenvalue weighted by molar-refractivity contribution is 5.81. The maximum atomic E-state index is 10.9. The van der Waals surface area contributed by atoms with Crippen molar-refractivity contribution in [2.75, 3.05) is 140 Å². The lowest BCUT2D eigenvalue weighted by molar-refractivity contribution is -0.121. The molecule has 1 atom stereocenters. The molecular weight excluding hydrogens is 1370 g/mol. The van der Waals surface area contributed by atoms with Crippen LogP contribution in [0.15, 0.2) is 23.3 Å². The van der Waals surface area contributed by atoms with E-state index in [1.165, 1.54) is 194 Å². The molecule has 0 aromatic heterocycles. The Morgan fingerprint density at radius 1 is 0.384 bits per heavy atom. The summed E-state index contributed by atoms with van der Waals surface area (Å²) >= 11 is 0. The quantitative estimate of drug-likeness (QED) is 0.265. The van der Waals surface area contributed by atoms with Gasteiger partial charge in [0, 0.05) is 82.1 Å². The second kappa shape index (κ2) is 50.0. The third-order valence-electron chi connectivity index (χ3n) is 27.9. The van der Waals surface area contributed by atoms with Crippen molar-refractivity contribution in [1.29, 1.82) is 0 Å². The number of carbonyl (C=O) groups is 2. The molecule has 0 bridgehead atoms. The summed E-state index contributed by atoms with van der Waals surface area (Å²) in [6, 6.07) is 2.40. The summed E-state index contributed by atoms with van der Waals surface area (Å²) in [6.07, 6.45) is 31.4. The lowest BCUT2D eigenvalue weighted by Gasteiger charge is -2.41. The van der Waals surface area contributed by atoms with E-state index >= 15 is 0 Å². The van der Waals surface area contributed by atoms with E-state index in [0.29, 0.717) is 66.8 Å². The molecule has 664 valence electrons. The minimum Gasteiger partial charge on any atom is -0.317 e. The predicted octanol–water partition coefficient (Wildman–Crippen LogP) is 24.1. The first-order valence-electron chi connectivity index (χ1n) is 46.9. The van der Waals surface area contributed by atoms with Gasteiger partial charge in [-0.1, -0.05) is 217 Å². The Labute approximate surface area is 703 Å². The van der Waals surface area contributed by atoms with E-state index in [0.717, 1.165) is 105 Å². The van der Waals surface area contributed by atoms with Gasteiger partial charge >= 0.3 is 0 Å². The Morgan fingerprint density at radius 2 is 0.768 bits per heavy atom. The maximum absolute atomic E-state index is 10.9. The van der Waals surface area contributed by atoms with E-state index in [1.54, 1.807) is 5.57 Å². The van der Waals surface area contributed by atoms with Crippen LogP contribution in [0.5, 0.6) is 0 Å². The molecule has 11 nitrogen and oxygen atoms in total. The van der Waals surface area contributed by atoms with Crippen LogP contribution in [0.2, 0.25) is 0 Å². The van der Waals surface area contributed by atoms with E-state index in [2.05, 4.69) is 321 Å². The van der Waals surface area contributed by atoms with Gasteiger partial charge in [0.2, 0.25) is 0 Å². The second-order valence-corrected chi connectivity index (χ2v) is 47.8. The standard InChI is InChI=1S/2C12H25N.C11H23N.C10H21N.C10H18O.C10H16O.C9H20N2.2C9H19N.C9H17N/c1-12(2,3)10-6-8-11(9-7-10)13(4)5;1-10(2)13-8-6-11(7-9-13)12(3,4)5;1-5-12-8-6-10(7-9-12)11(2,3)4;1-10(2,3)9-5-7-11(4)8-6-9;2*1-10(2,3)8-4-6-9(11)7-5-8;1-9(2,3)11-7-5-10(4)6-8-11;1-9(2,3)8-6-5-7-10(8)4;2*1-9(2,3)8-4-6-10-7-5-8/h2*10-11H,6-9H2,1-5H3;10H,5-9H2,1-4H3;9H,5-8H2,1-4H3;8H,4-7H2,1-3H3;4H,5-7H2,1-3H3;5-8H2,1-4H3;8H,5-7H2,1-4H3;8,10H,4-7H2,1-3H3;4,10H,5-7H2,1-3H3. The molecule has 2 saturated carbocycles. The number of ketones is 2. The monoisotopic (exact) mass is 1570 g/mol. The second-order valence-electron chi connectivity index (χ2n) is 47.8. The van der Waals surface area contributed by atoms with Gasteiger partial charge in [-0.15, -0.1) is 0 Å². The molecule has 11 heteroatoms. The average Bonchev–Trinajstić information content (AvgIpc) is 1.57. The topological polar surface area (TPSA) is 80.9 Å². The van der Waals surface area contributed by atoms with Crippen LogP contribution in [-0.2, 0) is 9.59 Å². The van der Waals surface area contributed by atoms with Crippen molar-refractivity contribution in [3.05, 3.63) is 23.3 Å². The van der Waals surface area contributed by atoms with Gasteiger partial charge in [-0.3, -0.25) is 14.5 Å². The Bertz CT molecular complexity index is 2440. The van der Waals surface area contributed by atoms with Crippen LogP contribution in [0.3, 0.4) is 0 Å². The molecule has 7 heterocycles. The van der Waals surface area contributed by atoms with Gasteiger partial charge in [-0.25, -0.2) is 0 Å². The Balaban J connectivity index is 0.000000623. The number of nitrogens with one attached hydrogen (secondary N) is 2. The molecule has 0 amide bonds. The van der Waals surface area contributed by atoms with Crippen molar-refractivity contribution in [2.45, 2.75) is 393 Å². The normalized spacial score (nSPS) is 24.1. The number of allylic oxidation sites excluding steroid dienone is 2. The molecule has 0 aromatic rings. The molecule has 0 spiro atoms. The molecule has 0 radical (unpaired) electrons. The van der Waals surface area contributed by atoms with Crippen LogP contribution in [0, 0.1) is 84.2 Å². The van der Waals surface area contributed by atoms with Gasteiger partial charge in [-0.05, 0) is 342 Å². The summed E-state index contributed by atoms with van der Waals surface area (Å²) in [6.45, 7) is 96.5. The van der Waals surface area contributed by atoms with Crippen molar-refractivity contribution in [3.63, 3.8) is 0 Å². The minimum absolute atomic E-state index is 0.265. The Morgan fingerprint density at radius 3 is 1.07 bits per heavy atom. The van der Waals surface area contributed by atoms with Crippen LogP contribution in [0.4, 0.5) is 0 Å².